The lowest BCUT2D eigenvalue weighted by atomic mass is 10.4. The van der Waals surface area contributed by atoms with Crippen LogP contribution < -0.4 is 0 Å². The SMILES string of the molecule is CCCCOS(=O)(=O)O.CCN1C=CN(C)C1. The lowest BCUT2D eigenvalue weighted by Gasteiger charge is -2.14. The van der Waals surface area contributed by atoms with Crippen LogP contribution >= 0.6 is 0 Å². The third-order valence-electron chi connectivity index (χ3n) is 2.07. The van der Waals surface area contributed by atoms with E-state index in [0.717, 1.165) is 19.6 Å². The third kappa shape index (κ3) is 10.1. The van der Waals surface area contributed by atoms with Crippen LogP contribution in [-0.2, 0) is 14.6 Å². The van der Waals surface area contributed by atoms with E-state index in [2.05, 4.69) is 40.4 Å². The molecule has 0 atom stereocenters. The molecule has 0 saturated heterocycles. The minimum Gasteiger partial charge on any atom is -0.362 e. The van der Waals surface area contributed by atoms with Crippen molar-refractivity contribution >= 4 is 10.4 Å². The first-order chi connectivity index (χ1) is 7.89. The Morgan fingerprint density at radius 1 is 1.35 bits per heavy atom. The predicted molar refractivity (Wildman–Crippen MR) is 66.6 cm³/mol. The Morgan fingerprint density at radius 2 is 2.00 bits per heavy atom. The Bertz CT molecular complexity index is 316. The summed E-state index contributed by atoms with van der Waals surface area (Å²) in [5, 5.41) is 0. The van der Waals surface area contributed by atoms with Crippen molar-refractivity contribution in [2.24, 2.45) is 0 Å². The molecule has 0 aromatic rings. The smallest absolute Gasteiger partial charge is 0.362 e. The molecule has 7 heteroatoms. The molecule has 0 spiro atoms. The van der Waals surface area contributed by atoms with Gasteiger partial charge < -0.3 is 9.80 Å². The van der Waals surface area contributed by atoms with Gasteiger partial charge in [0.25, 0.3) is 0 Å². The maximum absolute atomic E-state index is 9.84. The fourth-order valence-corrected chi connectivity index (χ4v) is 1.43. The molecule has 0 fully saturated rings. The molecule has 0 radical (unpaired) electrons. The molecule has 0 aliphatic carbocycles. The maximum Gasteiger partial charge on any atom is 0.397 e. The van der Waals surface area contributed by atoms with E-state index in [4.69, 9.17) is 4.55 Å². The van der Waals surface area contributed by atoms with Crippen LogP contribution in [0.2, 0.25) is 0 Å². The lowest BCUT2D eigenvalue weighted by molar-refractivity contribution is 0.264. The molecule has 1 heterocycles. The fraction of sp³-hybridized carbons (Fsp3) is 0.800. The standard InChI is InChI=1S/C6H12N2.C4H10O4S/c1-3-8-5-4-7(2)6-8;1-2-3-4-8-9(5,6)7/h4-5H,3,6H2,1-2H3;2-4H2,1H3,(H,5,6,7). The van der Waals surface area contributed by atoms with Crippen LogP contribution in [0.25, 0.3) is 0 Å². The van der Waals surface area contributed by atoms with E-state index in [1.54, 1.807) is 0 Å². The Balaban J connectivity index is 0.000000302. The summed E-state index contributed by atoms with van der Waals surface area (Å²) in [5.41, 5.74) is 0. The van der Waals surface area contributed by atoms with Gasteiger partial charge in [-0.1, -0.05) is 13.3 Å². The molecule has 0 aromatic carbocycles. The molecule has 1 N–H and O–H groups in total. The highest BCUT2D eigenvalue weighted by atomic mass is 32.3. The second-order valence-corrected chi connectivity index (χ2v) is 4.80. The molecule has 1 aliphatic heterocycles. The summed E-state index contributed by atoms with van der Waals surface area (Å²) in [5.74, 6) is 0. The molecular formula is C10H22N2O4S. The van der Waals surface area contributed by atoms with Crippen molar-refractivity contribution in [3.8, 4) is 0 Å². The Hall–Kier alpha value is -0.790. The van der Waals surface area contributed by atoms with Gasteiger partial charge in [0.15, 0.2) is 0 Å². The van der Waals surface area contributed by atoms with Gasteiger partial charge in [-0.05, 0) is 13.3 Å². The van der Waals surface area contributed by atoms with Crippen molar-refractivity contribution in [1.29, 1.82) is 0 Å². The van der Waals surface area contributed by atoms with Gasteiger partial charge in [-0.3, -0.25) is 4.55 Å². The van der Waals surface area contributed by atoms with Crippen molar-refractivity contribution in [2.45, 2.75) is 26.7 Å². The van der Waals surface area contributed by atoms with Gasteiger partial charge in [0, 0.05) is 26.0 Å². The molecule has 0 bridgehead atoms. The Morgan fingerprint density at radius 3 is 2.29 bits per heavy atom. The zero-order chi connectivity index (χ0) is 13.3. The van der Waals surface area contributed by atoms with E-state index in [1.165, 1.54) is 0 Å². The summed E-state index contributed by atoms with van der Waals surface area (Å²) in [6.45, 7) is 6.28. The second-order valence-electron chi connectivity index (χ2n) is 3.70. The summed E-state index contributed by atoms with van der Waals surface area (Å²) < 4.78 is 31.7. The van der Waals surface area contributed by atoms with Gasteiger partial charge in [-0.25, -0.2) is 4.18 Å². The average Bonchev–Trinajstić information content (AvgIpc) is 2.64. The van der Waals surface area contributed by atoms with E-state index in [0.29, 0.717) is 6.42 Å². The molecule has 1 rings (SSSR count). The van der Waals surface area contributed by atoms with Crippen LogP contribution in [-0.4, -0.2) is 49.6 Å². The number of rotatable bonds is 5. The van der Waals surface area contributed by atoms with Crippen LogP contribution in [0.1, 0.15) is 26.7 Å². The maximum atomic E-state index is 9.84. The summed E-state index contributed by atoms with van der Waals surface area (Å²) in [6, 6.07) is 0. The normalized spacial score (nSPS) is 14.8. The summed E-state index contributed by atoms with van der Waals surface area (Å²) in [4.78, 5) is 4.41. The van der Waals surface area contributed by atoms with E-state index < -0.39 is 10.4 Å². The highest BCUT2D eigenvalue weighted by molar-refractivity contribution is 7.80. The number of unbranched alkanes of at least 4 members (excludes halogenated alkanes) is 1. The molecule has 6 nitrogen and oxygen atoms in total. The van der Waals surface area contributed by atoms with Crippen molar-refractivity contribution in [3.63, 3.8) is 0 Å². The minimum absolute atomic E-state index is 0.0648. The first-order valence-corrected chi connectivity index (χ1v) is 7.00. The summed E-state index contributed by atoms with van der Waals surface area (Å²) in [7, 11) is -2.12. The first kappa shape index (κ1) is 16.2. The molecule has 0 saturated carbocycles. The van der Waals surface area contributed by atoms with Gasteiger partial charge in [0.1, 0.15) is 0 Å². The zero-order valence-electron chi connectivity index (χ0n) is 10.7. The molecule has 17 heavy (non-hydrogen) atoms. The van der Waals surface area contributed by atoms with Crippen LogP contribution in [0.5, 0.6) is 0 Å². The van der Waals surface area contributed by atoms with Crippen LogP contribution in [0, 0.1) is 0 Å². The summed E-state index contributed by atoms with van der Waals surface area (Å²) in [6.07, 6.45) is 5.68. The summed E-state index contributed by atoms with van der Waals surface area (Å²) >= 11 is 0. The molecule has 102 valence electrons. The third-order valence-corrected chi connectivity index (χ3v) is 2.54. The van der Waals surface area contributed by atoms with Crippen molar-refractivity contribution in [3.05, 3.63) is 12.4 Å². The van der Waals surface area contributed by atoms with Crippen LogP contribution in [0.15, 0.2) is 12.4 Å². The zero-order valence-corrected chi connectivity index (χ0v) is 11.5. The topological polar surface area (TPSA) is 70.1 Å². The van der Waals surface area contributed by atoms with Crippen molar-refractivity contribution in [2.75, 3.05) is 26.9 Å². The number of hydrogen-bond acceptors (Lipinski definition) is 5. The Labute approximate surface area is 104 Å². The largest absolute Gasteiger partial charge is 0.397 e. The lowest BCUT2D eigenvalue weighted by Crippen LogP contribution is -2.21. The van der Waals surface area contributed by atoms with Gasteiger partial charge in [0.2, 0.25) is 0 Å². The molecular weight excluding hydrogens is 244 g/mol. The number of hydrogen-bond donors (Lipinski definition) is 1. The van der Waals surface area contributed by atoms with Gasteiger partial charge in [-0.15, -0.1) is 0 Å². The van der Waals surface area contributed by atoms with E-state index in [9.17, 15) is 8.42 Å². The van der Waals surface area contributed by atoms with E-state index in [1.807, 2.05) is 6.92 Å². The first-order valence-electron chi connectivity index (χ1n) is 5.63. The molecule has 1 aliphatic rings. The van der Waals surface area contributed by atoms with Crippen molar-refractivity contribution < 1.29 is 17.2 Å². The monoisotopic (exact) mass is 266 g/mol. The average molecular weight is 266 g/mol. The predicted octanol–water partition coefficient (Wildman–Crippen LogP) is 1.29. The van der Waals surface area contributed by atoms with Crippen molar-refractivity contribution in [1.82, 2.24) is 9.80 Å². The Kier molecular flexibility index (Phi) is 7.94. The van der Waals surface area contributed by atoms with E-state index >= 15 is 0 Å². The van der Waals surface area contributed by atoms with Gasteiger partial charge in [0.05, 0.1) is 13.3 Å². The molecule has 0 aromatic heterocycles. The second kappa shape index (κ2) is 8.32. The highest BCUT2D eigenvalue weighted by Crippen LogP contribution is 2.00. The molecule has 0 unspecified atom stereocenters. The van der Waals surface area contributed by atoms with Gasteiger partial charge in [-0.2, -0.15) is 8.42 Å². The highest BCUT2D eigenvalue weighted by Gasteiger charge is 2.03. The number of nitrogens with zero attached hydrogens (tertiary/aromatic N) is 2. The van der Waals surface area contributed by atoms with E-state index in [-0.39, 0.29) is 6.61 Å². The fourth-order valence-electron chi connectivity index (χ4n) is 1.10. The van der Waals surface area contributed by atoms with Gasteiger partial charge >= 0.3 is 10.4 Å². The minimum atomic E-state index is -4.20. The quantitative estimate of drug-likeness (QED) is 0.597. The molecule has 0 amide bonds. The van der Waals surface area contributed by atoms with Crippen LogP contribution in [0.3, 0.4) is 0 Å². The van der Waals surface area contributed by atoms with Crippen LogP contribution in [0.4, 0.5) is 0 Å².